The summed E-state index contributed by atoms with van der Waals surface area (Å²) in [6.45, 7) is 3.54. The Morgan fingerprint density at radius 2 is 1.92 bits per heavy atom. The Bertz CT molecular complexity index is 790. The molecular formula is C18H19Cl2N3O2. The minimum Gasteiger partial charge on any atom is -0.437 e. The van der Waals surface area contributed by atoms with Gasteiger partial charge in [0.05, 0.1) is 10.6 Å². The lowest BCUT2D eigenvalue weighted by atomic mass is 10.1. The molecule has 0 spiro atoms. The molecule has 25 heavy (non-hydrogen) atoms. The Balaban J connectivity index is 1.98. The maximum Gasteiger partial charge on any atom is 0.230 e. The van der Waals surface area contributed by atoms with Gasteiger partial charge in [0.25, 0.3) is 0 Å². The second-order valence-electron chi connectivity index (χ2n) is 5.95. The van der Waals surface area contributed by atoms with E-state index >= 15 is 0 Å². The molecule has 0 aliphatic carbocycles. The molecule has 0 radical (unpaired) electrons. The topological polar surface area (TPSA) is 58.0 Å². The molecule has 1 N–H and O–H groups in total. The zero-order valence-electron chi connectivity index (χ0n) is 13.9. The van der Waals surface area contributed by atoms with E-state index < -0.39 is 0 Å². The molecule has 1 saturated heterocycles. The van der Waals surface area contributed by atoms with Gasteiger partial charge in [0.1, 0.15) is 5.75 Å². The van der Waals surface area contributed by atoms with E-state index in [1.54, 1.807) is 18.2 Å². The van der Waals surface area contributed by atoms with Crippen molar-refractivity contribution in [2.75, 3.05) is 13.1 Å². The molecule has 132 valence electrons. The number of pyridine rings is 1. The van der Waals surface area contributed by atoms with Crippen molar-refractivity contribution < 1.29 is 9.94 Å². The van der Waals surface area contributed by atoms with Crippen molar-refractivity contribution in [3.63, 3.8) is 0 Å². The van der Waals surface area contributed by atoms with E-state index in [2.05, 4.69) is 10.1 Å². The Labute approximate surface area is 156 Å². The largest absolute Gasteiger partial charge is 0.437 e. The predicted molar refractivity (Wildman–Crippen MR) is 99.3 cm³/mol. The first kappa shape index (κ1) is 17.8. The molecule has 5 nitrogen and oxygen atoms in total. The summed E-state index contributed by atoms with van der Waals surface area (Å²) in [7, 11) is 0. The molecule has 0 atom stereocenters. The zero-order chi connectivity index (χ0) is 17.8. The van der Waals surface area contributed by atoms with Crippen molar-refractivity contribution in [3.8, 4) is 11.6 Å². The monoisotopic (exact) mass is 379 g/mol. The minimum atomic E-state index is 0.336. The van der Waals surface area contributed by atoms with Crippen molar-refractivity contribution in [2.24, 2.45) is 5.16 Å². The first-order valence-corrected chi connectivity index (χ1v) is 8.92. The summed E-state index contributed by atoms with van der Waals surface area (Å²) in [5.41, 5.74) is 1.40. The number of oxime groups is 1. The summed E-state index contributed by atoms with van der Waals surface area (Å²) in [5.74, 6) is 1.20. The Morgan fingerprint density at radius 1 is 1.16 bits per heavy atom. The van der Waals surface area contributed by atoms with E-state index in [0.29, 0.717) is 33.1 Å². The molecular weight excluding hydrogens is 361 g/mol. The van der Waals surface area contributed by atoms with Gasteiger partial charge in [-0.2, -0.15) is 0 Å². The van der Waals surface area contributed by atoms with E-state index in [0.717, 1.165) is 31.6 Å². The molecule has 3 rings (SSSR count). The molecule has 2 heterocycles. The van der Waals surface area contributed by atoms with Crippen LogP contribution in [0.15, 0.2) is 35.5 Å². The third-order valence-electron chi connectivity index (χ3n) is 4.09. The van der Waals surface area contributed by atoms with Gasteiger partial charge in [0.15, 0.2) is 5.84 Å². The Morgan fingerprint density at radius 3 is 2.64 bits per heavy atom. The molecule has 2 aromatic rings. The number of hydrogen-bond acceptors (Lipinski definition) is 4. The molecule has 1 aromatic heterocycles. The zero-order valence-corrected chi connectivity index (χ0v) is 15.4. The first-order valence-electron chi connectivity index (χ1n) is 8.16. The average Bonchev–Trinajstić information content (AvgIpc) is 2.61. The van der Waals surface area contributed by atoms with E-state index in [1.807, 2.05) is 24.0 Å². The lowest BCUT2D eigenvalue weighted by Gasteiger charge is -2.29. The van der Waals surface area contributed by atoms with Crippen LogP contribution in [0.2, 0.25) is 10.0 Å². The van der Waals surface area contributed by atoms with Crippen molar-refractivity contribution in [1.82, 2.24) is 9.88 Å². The summed E-state index contributed by atoms with van der Waals surface area (Å²) in [6.07, 6.45) is 3.31. The quantitative estimate of drug-likeness (QED) is 0.348. The number of nitrogens with zero attached hydrogens (tertiary/aromatic N) is 3. The molecule has 1 aromatic carbocycles. The summed E-state index contributed by atoms with van der Waals surface area (Å²) >= 11 is 12.2. The summed E-state index contributed by atoms with van der Waals surface area (Å²) in [4.78, 5) is 6.50. The number of rotatable bonds is 3. The number of piperidine rings is 1. The summed E-state index contributed by atoms with van der Waals surface area (Å²) < 4.78 is 5.93. The van der Waals surface area contributed by atoms with Gasteiger partial charge in [-0.25, -0.2) is 4.98 Å². The predicted octanol–water partition coefficient (Wildman–Crippen LogP) is 5.11. The fourth-order valence-electron chi connectivity index (χ4n) is 2.83. The van der Waals surface area contributed by atoms with Crippen molar-refractivity contribution in [1.29, 1.82) is 0 Å². The van der Waals surface area contributed by atoms with Crippen LogP contribution in [-0.4, -0.2) is 34.0 Å². The van der Waals surface area contributed by atoms with Crippen molar-refractivity contribution >= 4 is 29.0 Å². The molecule has 1 aliphatic rings. The highest BCUT2D eigenvalue weighted by atomic mass is 35.5. The summed E-state index contributed by atoms with van der Waals surface area (Å²) in [6, 6.07) is 8.70. The molecule has 0 bridgehead atoms. The van der Waals surface area contributed by atoms with Gasteiger partial charge < -0.3 is 14.8 Å². The third-order valence-corrected chi connectivity index (χ3v) is 4.64. The van der Waals surface area contributed by atoms with E-state index in [-0.39, 0.29) is 0 Å². The van der Waals surface area contributed by atoms with Crippen LogP contribution in [-0.2, 0) is 0 Å². The highest BCUT2D eigenvalue weighted by Gasteiger charge is 2.22. The standard InChI is InChI=1S/C18H19Cl2N3O2/c1-12-5-7-14(17(22-24)23-9-3-2-4-10-23)18(21-12)25-16-11-13(19)6-8-15(16)20/h5-8,11,24H,2-4,9-10H2,1H3/b22-17-. The molecule has 1 fully saturated rings. The molecule has 0 unspecified atom stereocenters. The number of aryl methyl sites for hydroxylation is 1. The van der Waals surface area contributed by atoms with Gasteiger partial charge >= 0.3 is 0 Å². The van der Waals surface area contributed by atoms with E-state index in [9.17, 15) is 5.21 Å². The maximum absolute atomic E-state index is 9.61. The molecule has 7 heteroatoms. The van der Waals surface area contributed by atoms with E-state index in [1.165, 1.54) is 6.42 Å². The number of ether oxygens (including phenoxy) is 1. The lowest BCUT2D eigenvalue weighted by molar-refractivity contribution is 0.285. The van der Waals surface area contributed by atoms with Gasteiger partial charge in [-0.05, 0) is 50.5 Å². The summed E-state index contributed by atoms with van der Waals surface area (Å²) in [5, 5.41) is 14.1. The second kappa shape index (κ2) is 7.93. The minimum absolute atomic E-state index is 0.336. The van der Waals surface area contributed by atoms with Crippen LogP contribution in [0.25, 0.3) is 0 Å². The molecule has 1 aliphatic heterocycles. The molecule has 0 saturated carbocycles. The first-order chi connectivity index (χ1) is 12.1. The van der Waals surface area contributed by atoms with Crippen LogP contribution in [0.5, 0.6) is 11.6 Å². The Hall–Kier alpha value is -1.98. The van der Waals surface area contributed by atoms with Gasteiger partial charge in [-0.1, -0.05) is 28.4 Å². The number of halogens is 2. The van der Waals surface area contributed by atoms with Crippen LogP contribution in [0, 0.1) is 6.92 Å². The van der Waals surface area contributed by atoms with Gasteiger partial charge in [0, 0.05) is 29.9 Å². The number of benzene rings is 1. The molecule has 0 amide bonds. The van der Waals surface area contributed by atoms with Crippen molar-refractivity contribution in [3.05, 3.63) is 51.6 Å². The van der Waals surface area contributed by atoms with Crippen molar-refractivity contribution in [2.45, 2.75) is 26.2 Å². The number of aromatic nitrogens is 1. The Kier molecular flexibility index (Phi) is 5.66. The van der Waals surface area contributed by atoms with Crippen LogP contribution >= 0.6 is 23.2 Å². The third kappa shape index (κ3) is 4.17. The smallest absolute Gasteiger partial charge is 0.230 e. The van der Waals surface area contributed by atoms with Gasteiger partial charge in [-0.3, -0.25) is 0 Å². The average molecular weight is 380 g/mol. The lowest BCUT2D eigenvalue weighted by Crippen LogP contribution is -2.36. The van der Waals surface area contributed by atoms with Crippen LogP contribution in [0.4, 0.5) is 0 Å². The normalized spacial score (nSPS) is 15.3. The number of hydrogen-bond donors (Lipinski definition) is 1. The fourth-order valence-corrected chi connectivity index (χ4v) is 3.15. The van der Waals surface area contributed by atoms with Crippen LogP contribution in [0.1, 0.15) is 30.5 Å². The van der Waals surface area contributed by atoms with Gasteiger partial charge in [-0.15, -0.1) is 0 Å². The van der Waals surface area contributed by atoms with E-state index in [4.69, 9.17) is 27.9 Å². The fraction of sp³-hybridized carbons (Fsp3) is 0.333. The number of likely N-dealkylation sites (tertiary alicyclic amines) is 1. The maximum atomic E-state index is 9.61. The highest BCUT2D eigenvalue weighted by Crippen LogP contribution is 2.33. The SMILES string of the molecule is Cc1ccc(/C(=N/O)N2CCCCC2)c(Oc2cc(Cl)ccc2Cl)n1. The highest BCUT2D eigenvalue weighted by molar-refractivity contribution is 6.34. The second-order valence-corrected chi connectivity index (χ2v) is 6.80. The number of amidine groups is 1. The van der Waals surface area contributed by atoms with Gasteiger partial charge in [0.2, 0.25) is 5.88 Å². The van der Waals surface area contributed by atoms with Crippen LogP contribution < -0.4 is 4.74 Å². The van der Waals surface area contributed by atoms with Crippen LogP contribution in [0.3, 0.4) is 0 Å².